The van der Waals surface area contributed by atoms with Crippen LogP contribution in [0.25, 0.3) is 0 Å². The molecule has 1 aromatic rings. The van der Waals surface area contributed by atoms with E-state index in [2.05, 4.69) is 125 Å². The lowest BCUT2D eigenvalue weighted by Gasteiger charge is -2.50. The van der Waals surface area contributed by atoms with E-state index in [0.717, 1.165) is 40.1 Å². The van der Waals surface area contributed by atoms with Gasteiger partial charge in [0.2, 0.25) is 0 Å². The summed E-state index contributed by atoms with van der Waals surface area (Å²) in [6, 6.07) is 11.2. The number of benzene rings is 1. The molecule has 15 unspecified atom stereocenters. The topological polar surface area (TPSA) is 36.1 Å². The second-order valence-corrected chi connectivity index (χ2v) is 23.5. The Morgan fingerprint density at radius 2 is 1.60 bits per heavy atom. The number of allylic oxidation sites excluding steroid dienone is 10. The average molecular weight is 810 g/mol. The van der Waals surface area contributed by atoms with Crippen LogP contribution in [0.2, 0.25) is 0 Å². The molecule has 58 heavy (non-hydrogen) atoms. The van der Waals surface area contributed by atoms with Crippen LogP contribution in [0.5, 0.6) is 0 Å². The molecule has 0 aromatic heterocycles. The van der Waals surface area contributed by atoms with E-state index >= 15 is 0 Å². The Morgan fingerprint density at radius 1 is 0.690 bits per heavy atom. The van der Waals surface area contributed by atoms with Crippen molar-refractivity contribution in [1.29, 1.82) is 0 Å². The summed E-state index contributed by atoms with van der Waals surface area (Å²) in [7, 11) is 0. The van der Waals surface area contributed by atoms with Gasteiger partial charge in [0, 0.05) is 27.1 Å². The first-order valence-electron chi connectivity index (χ1n) is 24.1. The number of thioether (sulfide) groups is 2. The van der Waals surface area contributed by atoms with Crippen LogP contribution in [0.1, 0.15) is 128 Å². The molecule has 3 N–H and O–H groups in total. The lowest BCUT2D eigenvalue weighted by molar-refractivity contribution is 0.109. The van der Waals surface area contributed by atoms with Crippen molar-refractivity contribution in [3.63, 3.8) is 0 Å². The molecule has 0 radical (unpaired) electrons. The van der Waals surface area contributed by atoms with Gasteiger partial charge in [-0.1, -0.05) is 90.1 Å². The number of hydrogen-bond acceptors (Lipinski definition) is 5. The second-order valence-electron chi connectivity index (χ2n) is 20.7. The zero-order chi connectivity index (χ0) is 38.4. The summed E-state index contributed by atoms with van der Waals surface area (Å²) >= 11 is 4.64. The normalized spacial score (nSPS) is 45.5. The van der Waals surface area contributed by atoms with Gasteiger partial charge in [0.1, 0.15) is 0 Å². The van der Waals surface area contributed by atoms with Crippen LogP contribution in [0.4, 0.5) is 0 Å². The molecule has 3 fully saturated rings. The minimum absolute atomic E-state index is 0.0693. The summed E-state index contributed by atoms with van der Waals surface area (Å²) in [5.74, 6) is 6.06. The fourth-order valence-corrected chi connectivity index (χ4v) is 18.4. The van der Waals surface area contributed by atoms with E-state index in [1.54, 1.807) is 21.6 Å². The van der Waals surface area contributed by atoms with E-state index in [-0.39, 0.29) is 23.9 Å². The standard InChI is InChI=1S/C53H67N3S2/c1-53(52-55-50(32-12-4-2-5-13-32)54-51(56-52)33-14-6-3-7-15-33)44-24-20-34(36-22-26-48-42(30-36)38-16-8-10-18-46(38)57-48)28-40(44)41-29-35(21-25-45(41)53)37-23-27-49-43(31-37)39-17-9-11-19-47(39)58-49/h2,4-6,8,12-14,16,21,23,25,27,33-38,42-43,46,48-52,54-56H,3,7,9-11,15,17-20,22,24,26,28-31H2,1H3. The van der Waals surface area contributed by atoms with Crippen molar-refractivity contribution in [2.24, 2.45) is 52.8 Å². The predicted molar refractivity (Wildman–Crippen MR) is 245 cm³/mol. The van der Waals surface area contributed by atoms with E-state index in [1.807, 2.05) is 11.1 Å². The van der Waals surface area contributed by atoms with E-state index in [9.17, 15) is 0 Å². The third-order valence-electron chi connectivity index (χ3n) is 17.9. The largest absolute Gasteiger partial charge is 0.285 e. The molecule has 15 atom stereocenters. The summed E-state index contributed by atoms with van der Waals surface area (Å²) < 4.78 is 0. The van der Waals surface area contributed by atoms with Crippen LogP contribution in [0.3, 0.4) is 0 Å². The fraction of sp³-hybridized carbons (Fsp3) is 0.623. The SMILES string of the molecule is CC1(C2NC(c3ccccc3)NC(C3C=CCCC3)N2)C2=C(CC(C3C=CC4SC5=C(CCCC5)C4C3)C=C2)C2=C1CCC(C1CCC3SC4CCC=CC4C3C1)C2. The lowest BCUT2D eigenvalue weighted by Crippen LogP contribution is -2.69. The summed E-state index contributed by atoms with van der Waals surface area (Å²) in [4.78, 5) is 1.78. The molecule has 1 aromatic carbocycles. The molecule has 11 aliphatic rings. The average Bonchev–Trinajstić information content (AvgIpc) is 3.94. The zero-order valence-corrected chi connectivity index (χ0v) is 36.6. The van der Waals surface area contributed by atoms with Crippen molar-refractivity contribution < 1.29 is 0 Å². The monoisotopic (exact) mass is 809 g/mol. The summed E-state index contributed by atoms with van der Waals surface area (Å²) in [6.45, 7) is 2.66. The van der Waals surface area contributed by atoms with Crippen molar-refractivity contribution >= 4 is 23.5 Å². The Bertz CT molecular complexity index is 1990. The van der Waals surface area contributed by atoms with E-state index in [0.29, 0.717) is 23.0 Å². The maximum atomic E-state index is 4.32. The quantitative estimate of drug-likeness (QED) is 0.258. The molecule has 0 amide bonds. The summed E-state index contributed by atoms with van der Waals surface area (Å²) in [5.41, 5.74) is 10.2. The highest BCUT2D eigenvalue weighted by Crippen LogP contribution is 2.62. The van der Waals surface area contributed by atoms with Gasteiger partial charge in [-0.25, -0.2) is 0 Å². The molecule has 12 rings (SSSR count). The maximum Gasteiger partial charge on any atom is 0.0859 e. The van der Waals surface area contributed by atoms with Gasteiger partial charge in [0.05, 0.1) is 18.5 Å². The van der Waals surface area contributed by atoms with Gasteiger partial charge in [-0.3, -0.25) is 16.0 Å². The first kappa shape index (κ1) is 37.7. The Morgan fingerprint density at radius 3 is 2.52 bits per heavy atom. The van der Waals surface area contributed by atoms with E-state index in [4.69, 9.17) is 0 Å². The van der Waals surface area contributed by atoms with Crippen LogP contribution in [-0.2, 0) is 0 Å². The van der Waals surface area contributed by atoms with E-state index < -0.39 is 0 Å². The molecular formula is C53H67N3S2. The molecule has 3 heterocycles. The van der Waals surface area contributed by atoms with Crippen LogP contribution in [0.15, 0.2) is 112 Å². The van der Waals surface area contributed by atoms with Crippen LogP contribution >= 0.6 is 23.5 Å². The first-order chi connectivity index (χ1) is 28.6. The molecule has 0 bridgehead atoms. The third-order valence-corrected chi connectivity index (χ3v) is 21.2. The maximum absolute atomic E-state index is 4.32. The Labute approximate surface area is 358 Å². The molecular weight excluding hydrogens is 743 g/mol. The van der Waals surface area contributed by atoms with Gasteiger partial charge in [0.15, 0.2) is 0 Å². The van der Waals surface area contributed by atoms with Crippen LogP contribution < -0.4 is 16.0 Å². The number of rotatable bonds is 5. The molecule has 3 nitrogen and oxygen atoms in total. The van der Waals surface area contributed by atoms with Gasteiger partial charge >= 0.3 is 0 Å². The molecule has 306 valence electrons. The van der Waals surface area contributed by atoms with Crippen LogP contribution in [-0.4, -0.2) is 28.1 Å². The summed E-state index contributed by atoms with van der Waals surface area (Å²) in [5, 5.41) is 15.2. The van der Waals surface area contributed by atoms with Gasteiger partial charge in [-0.05, 0) is 185 Å². The lowest BCUT2D eigenvalue weighted by atomic mass is 9.64. The van der Waals surface area contributed by atoms with Crippen LogP contribution in [0, 0.1) is 52.8 Å². The van der Waals surface area contributed by atoms with Crippen molar-refractivity contribution in [2.45, 2.75) is 150 Å². The Balaban J connectivity index is 0.876. The highest BCUT2D eigenvalue weighted by Gasteiger charge is 2.54. The minimum Gasteiger partial charge on any atom is -0.285 e. The molecule has 3 aliphatic heterocycles. The fourth-order valence-electron chi connectivity index (χ4n) is 14.9. The number of nitrogens with one attached hydrogen (secondary N) is 3. The predicted octanol–water partition coefficient (Wildman–Crippen LogP) is 12.5. The summed E-state index contributed by atoms with van der Waals surface area (Å²) in [6.07, 6.45) is 44.5. The van der Waals surface area contributed by atoms with E-state index in [1.165, 1.54) is 115 Å². The van der Waals surface area contributed by atoms with Gasteiger partial charge in [-0.15, -0.1) is 11.8 Å². The van der Waals surface area contributed by atoms with Crippen molar-refractivity contribution in [2.75, 3.05) is 0 Å². The van der Waals surface area contributed by atoms with Gasteiger partial charge < -0.3 is 0 Å². The molecule has 8 aliphatic carbocycles. The third kappa shape index (κ3) is 6.39. The number of fused-ring (bicyclic) bond motifs is 6. The highest BCUT2D eigenvalue weighted by molar-refractivity contribution is 8.04. The van der Waals surface area contributed by atoms with Crippen molar-refractivity contribution in [3.05, 3.63) is 117 Å². The minimum atomic E-state index is -0.0693. The second kappa shape index (κ2) is 15.4. The Kier molecular flexibility index (Phi) is 10.0. The highest BCUT2D eigenvalue weighted by atomic mass is 32.2. The molecule has 1 saturated carbocycles. The van der Waals surface area contributed by atoms with Crippen molar-refractivity contribution in [1.82, 2.24) is 16.0 Å². The molecule has 2 saturated heterocycles. The van der Waals surface area contributed by atoms with Gasteiger partial charge in [-0.2, -0.15) is 11.8 Å². The Hall–Kier alpha value is -2.02. The van der Waals surface area contributed by atoms with Crippen molar-refractivity contribution in [3.8, 4) is 0 Å². The zero-order valence-electron chi connectivity index (χ0n) is 34.9. The molecule has 0 spiro atoms. The molecule has 5 heteroatoms. The first-order valence-corrected chi connectivity index (χ1v) is 25.9. The van der Waals surface area contributed by atoms with Gasteiger partial charge in [0.25, 0.3) is 0 Å². The smallest absolute Gasteiger partial charge is 0.0859 e. The number of hydrogen-bond donors (Lipinski definition) is 3.